The lowest BCUT2D eigenvalue weighted by molar-refractivity contribution is -0.141. The Balaban J connectivity index is 1.85. The zero-order valence-electron chi connectivity index (χ0n) is 15.1. The van der Waals surface area contributed by atoms with Gasteiger partial charge in [0.05, 0.1) is 16.6 Å². The van der Waals surface area contributed by atoms with Gasteiger partial charge < -0.3 is 5.32 Å². The van der Waals surface area contributed by atoms with E-state index in [0.29, 0.717) is 15.7 Å². The molecule has 0 spiro atoms. The molecule has 1 aromatic heterocycles. The highest BCUT2D eigenvalue weighted by molar-refractivity contribution is 9.10. The Morgan fingerprint density at radius 2 is 1.72 bits per heavy atom. The number of anilines is 1. The number of thioether (sulfide) groups is 1. The molecule has 3 rings (SSSR count). The van der Waals surface area contributed by atoms with Crippen molar-refractivity contribution >= 4 is 39.3 Å². The first-order chi connectivity index (χ1) is 13.7. The summed E-state index contributed by atoms with van der Waals surface area (Å²) in [4.78, 5) is 20.3. The lowest BCUT2D eigenvalue weighted by atomic mass is 10.1. The monoisotopic (exact) mass is 481 g/mol. The number of rotatable bonds is 5. The minimum atomic E-state index is -4.62. The number of halogens is 4. The summed E-state index contributed by atoms with van der Waals surface area (Å²) in [6, 6.07) is 16.5. The third kappa shape index (κ3) is 5.57. The molecule has 0 fully saturated rings. The fourth-order valence-electron chi connectivity index (χ4n) is 2.39. The smallest absolute Gasteiger partial charge is 0.324 e. The molecule has 1 amide bonds. The molecule has 1 N–H and O–H groups in total. The lowest BCUT2D eigenvalue weighted by Crippen LogP contribution is -2.23. The highest BCUT2D eigenvalue weighted by Crippen LogP contribution is 2.33. The second kappa shape index (κ2) is 8.96. The molecule has 0 aliphatic heterocycles. The predicted octanol–water partition coefficient (Wildman–Crippen LogP) is 6.04. The minimum absolute atomic E-state index is 0.117. The van der Waals surface area contributed by atoms with Gasteiger partial charge in [-0.2, -0.15) is 13.2 Å². The zero-order chi connectivity index (χ0) is 21.0. The van der Waals surface area contributed by atoms with E-state index >= 15 is 0 Å². The van der Waals surface area contributed by atoms with E-state index in [-0.39, 0.29) is 16.8 Å². The lowest BCUT2D eigenvalue weighted by Gasteiger charge is -2.14. The van der Waals surface area contributed by atoms with Crippen molar-refractivity contribution < 1.29 is 18.0 Å². The molecule has 0 aliphatic carbocycles. The summed E-state index contributed by atoms with van der Waals surface area (Å²) in [5.41, 5.74) is 0.202. The first kappa shape index (κ1) is 21.3. The van der Waals surface area contributed by atoms with Gasteiger partial charge in [-0.3, -0.25) is 4.79 Å². The van der Waals surface area contributed by atoms with Gasteiger partial charge >= 0.3 is 6.18 Å². The summed E-state index contributed by atoms with van der Waals surface area (Å²) in [6.45, 7) is 1.59. The number of carbonyl (C=O) groups is 1. The third-order valence-electron chi connectivity index (χ3n) is 3.85. The first-order valence-corrected chi connectivity index (χ1v) is 10.1. The molecule has 29 heavy (non-hydrogen) atoms. The van der Waals surface area contributed by atoms with E-state index in [0.717, 1.165) is 17.8 Å². The number of para-hydroxylation sites is 1. The van der Waals surface area contributed by atoms with E-state index in [1.807, 2.05) is 0 Å². The molecular formula is C20H15BrF3N3OS. The minimum Gasteiger partial charge on any atom is -0.324 e. The Hall–Kier alpha value is -2.39. The van der Waals surface area contributed by atoms with Crippen molar-refractivity contribution in [2.24, 2.45) is 0 Å². The zero-order valence-corrected chi connectivity index (χ0v) is 17.5. The fraction of sp³-hybridized carbons (Fsp3) is 0.150. The number of nitrogens with one attached hydrogen (secondary N) is 1. The van der Waals surface area contributed by atoms with E-state index in [2.05, 4.69) is 31.2 Å². The van der Waals surface area contributed by atoms with E-state index < -0.39 is 17.1 Å². The van der Waals surface area contributed by atoms with Crippen LogP contribution in [0.5, 0.6) is 0 Å². The Morgan fingerprint density at radius 3 is 2.38 bits per heavy atom. The molecule has 3 aromatic rings. The topological polar surface area (TPSA) is 54.9 Å². The molecule has 1 heterocycles. The highest BCUT2D eigenvalue weighted by Gasteiger charge is 2.34. The molecule has 150 valence electrons. The van der Waals surface area contributed by atoms with Crippen LogP contribution in [0.2, 0.25) is 0 Å². The molecule has 4 nitrogen and oxygen atoms in total. The maximum absolute atomic E-state index is 13.3. The Labute approximate surface area is 178 Å². The SMILES string of the molecule is CC(Sc1nc(-c2ccccc2)cc(C(F)(F)F)n1)C(=O)Nc1ccccc1Br. The number of hydrogen-bond donors (Lipinski definition) is 1. The van der Waals surface area contributed by atoms with Gasteiger partial charge in [-0.05, 0) is 41.1 Å². The molecule has 0 saturated carbocycles. The van der Waals surface area contributed by atoms with Gasteiger partial charge in [0, 0.05) is 10.0 Å². The summed E-state index contributed by atoms with van der Waals surface area (Å²) < 4.78 is 40.6. The number of hydrogen-bond acceptors (Lipinski definition) is 4. The largest absolute Gasteiger partial charge is 0.433 e. The molecule has 0 radical (unpaired) electrons. The van der Waals surface area contributed by atoms with Gasteiger partial charge in [-0.25, -0.2) is 9.97 Å². The highest BCUT2D eigenvalue weighted by atomic mass is 79.9. The van der Waals surface area contributed by atoms with Crippen LogP contribution < -0.4 is 5.32 Å². The van der Waals surface area contributed by atoms with Gasteiger partial charge in [0.25, 0.3) is 0 Å². The van der Waals surface area contributed by atoms with Crippen LogP contribution in [0.15, 0.2) is 70.3 Å². The van der Waals surface area contributed by atoms with E-state index in [1.165, 1.54) is 0 Å². The van der Waals surface area contributed by atoms with Gasteiger partial charge in [0.15, 0.2) is 5.16 Å². The van der Waals surface area contributed by atoms with Crippen molar-refractivity contribution in [3.05, 3.63) is 70.8 Å². The summed E-state index contributed by atoms with van der Waals surface area (Å²) in [7, 11) is 0. The first-order valence-electron chi connectivity index (χ1n) is 8.48. The average Bonchev–Trinajstić information content (AvgIpc) is 2.69. The predicted molar refractivity (Wildman–Crippen MR) is 111 cm³/mol. The number of nitrogens with zero attached hydrogens (tertiary/aromatic N) is 2. The van der Waals surface area contributed by atoms with Gasteiger partial charge in [-0.15, -0.1) is 0 Å². The Kier molecular flexibility index (Phi) is 6.59. The average molecular weight is 482 g/mol. The standard InChI is InChI=1S/C20H15BrF3N3OS/c1-12(18(28)25-15-10-6-5-9-14(15)21)29-19-26-16(13-7-3-2-4-8-13)11-17(27-19)20(22,23)24/h2-12H,1H3,(H,25,28). The molecule has 2 aromatic carbocycles. The number of amides is 1. The molecule has 0 bridgehead atoms. The van der Waals surface area contributed by atoms with E-state index in [9.17, 15) is 18.0 Å². The normalized spacial score (nSPS) is 12.4. The van der Waals surface area contributed by atoms with Gasteiger partial charge in [-0.1, -0.05) is 54.2 Å². The van der Waals surface area contributed by atoms with Crippen molar-refractivity contribution in [3.63, 3.8) is 0 Å². The molecule has 9 heteroatoms. The van der Waals surface area contributed by atoms with Crippen molar-refractivity contribution in [2.75, 3.05) is 5.32 Å². The van der Waals surface area contributed by atoms with Crippen LogP contribution in [0, 0.1) is 0 Å². The molecule has 1 unspecified atom stereocenters. The second-order valence-corrected chi connectivity index (χ2v) is 8.18. The van der Waals surface area contributed by atoms with Crippen LogP contribution in [-0.4, -0.2) is 21.1 Å². The van der Waals surface area contributed by atoms with Crippen molar-refractivity contribution in [1.82, 2.24) is 9.97 Å². The van der Waals surface area contributed by atoms with Crippen LogP contribution >= 0.6 is 27.7 Å². The van der Waals surface area contributed by atoms with Crippen LogP contribution in [0.4, 0.5) is 18.9 Å². The molecule has 1 atom stereocenters. The quantitative estimate of drug-likeness (QED) is 0.356. The van der Waals surface area contributed by atoms with Gasteiger partial charge in [0.2, 0.25) is 5.91 Å². The maximum atomic E-state index is 13.3. The summed E-state index contributed by atoms with van der Waals surface area (Å²) in [5, 5.41) is 1.91. The van der Waals surface area contributed by atoms with Crippen LogP contribution in [-0.2, 0) is 11.0 Å². The summed E-state index contributed by atoms with van der Waals surface area (Å²) >= 11 is 4.20. The summed E-state index contributed by atoms with van der Waals surface area (Å²) in [5.74, 6) is -0.371. The van der Waals surface area contributed by atoms with E-state index in [1.54, 1.807) is 61.5 Å². The molecule has 0 aliphatic rings. The summed E-state index contributed by atoms with van der Waals surface area (Å²) in [6.07, 6.45) is -4.62. The van der Waals surface area contributed by atoms with Gasteiger partial charge in [0.1, 0.15) is 5.69 Å². The van der Waals surface area contributed by atoms with E-state index in [4.69, 9.17) is 0 Å². The number of alkyl halides is 3. The fourth-order valence-corrected chi connectivity index (χ4v) is 3.56. The third-order valence-corrected chi connectivity index (χ3v) is 5.50. The molecule has 0 saturated heterocycles. The maximum Gasteiger partial charge on any atom is 0.433 e. The Bertz CT molecular complexity index is 1020. The van der Waals surface area contributed by atoms with Crippen molar-refractivity contribution in [1.29, 1.82) is 0 Å². The molecular weight excluding hydrogens is 467 g/mol. The van der Waals surface area contributed by atoms with Crippen molar-refractivity contribution in [3.8, 4) is 11.3 Å². The second-order valence-electron chi connectivity index (χ2n) is 6.01. The number of benzene rings is 2. The number of carbonyl (C=O) groups excluding carboxylic acids is 1. The number of aromatic nitrogens is 2. The van der Waals surface area contributed by atoms with Crippen molar-refractivity contribution in [2.45, 2.75) is 23.5 Å². The Morgan fingerprint density at radius 1 is 1.07 bits per heavy atom. The van der Waals surface area contributed by atoms with Crippen LogP contribution in [0.25, 0.3) is 11.3 Å². The van der Waals surface area contributed by atoms with Crippen LogP contribution in [0.1, 0.15) is 12.6 Å². The van der Waals surface area contributed by atoms with Crippen LogP contribution in [0.3, 0.4) is 0 Å².